The molecule has 9 heteroatoms. The number of furan rings is 1. The van der Waals surface area contributed by atoms with E-state index < -0.39 is 4.92 Å². The van der Waals surface area contributed by atoms with E-state index in [9.17, 15) is 10.1 Å². The van der Waals surface area contributed by atoms with Crippen LogP contribution in [0.1, 0.15) is 24.6 Å². The van der Waals surface area contributed by atoms with Crippen LogP contribution in [0.3, 0.4) is 0 Å². The lowest BCUT2D eigenvalue weighted by Gasteiger charge is -2.24. The van der Waals surface area contributed by atoms with E-state index in [0.717, 1.165) is 18.8 Å². The Morgan fingerprint density at radius 1 is 1.38 bits per heavy atom. The predicted octanol–water partition coefficient (Wildman–Crippen LogP) is 2.55. The van der Waals surface area contributed by atoms with E-state index in [1.165, 1.54) is 35.9 Å². The lowest BCUT2D eigenvalue weighted by molar-refractivity contribution is -0.919. The molecule has 0 aliphatic carbocycles. The van der Waals surface area contributed by atoms with Crippen LogP contribution >= 0.6 is 23.8 Å². The quantitative estimate of drug-likeness (QED) is 0.396. The van der Waals surface area contributed by atoms with Crippen molar-refractivity contribution in [3.63, 3.8) is 0 Å². The fourth-order valence-electron chi connectivity index (χ4n) is 3.20. The van der Waals surface area contributed by atoms with E-state index in [2.05, 4.69) is 10.6 Å². The van der Waals surface area contributed by atoms with Gasteiger partial charge >= 0.3 is 0 Å². The molecule has 3 rings (SSSR count). The Morgan fingerprint density at radius 2 is 2.15 bits per heavy atom. The summed E-state index contributed by atoms with van der Waals surface area (Å²) in [5.41, 5.74) is 0.358. The average molecular weight is 396 g/mol. The first-order chi connectivity index (χ1) is 12.5. The smallest absolute Gasteiger partial charge is 0.271 e. The van der Waals surface area contributed by atoms with Crippen LogP contribution < -0.4 is 15.5 Å². The van der Waals surface area contributed by atoms with Gasteiger partial charge in [0, 0.05) is 25.0 Å². The van der Waals surface area contributed by atoms with E-state index in [4.69, 9.17) is 28.2 Å². The highest BCUT2D eigenvalue weighted by atomic mass is 35.5. The highest BCUT2D eigenvalue weighted by Gasteiger charge is 2.29. The number of likely N-dealkylation sites (tertiary alicyclic amines) is 1. The van der Waals surface area contributed by atoms with Gasteiger partial charge in [0.15, 0.2) is 16.9 Å². The molecule has 1 saturated heterocycles. The molecule has 0 spiro atoms. The van der Waals surface area contributed by atoms with Gasteiger partial charge in [0.2, 0.25) is 0 Å². The lowest BCUT2D eigenvalue weighted by Crippen LogP contribution is -3.11. The molecule has 0 amide bonds. The Kier molecular flexibility index (Phi) is 6.08. The molecule has 1 aromatic carbocycles. The fourth-order valence-corrected chi connectivity index (χ4v) is 3.56. The van der Waals surface area contributed by atoms with E-state index >= 15 is 0 Å². The molecule has 0 saturated carbocycles. The summed E-state index contributed by atoms with van der Waals surface area (Å²) in [6, 6.07) is 8.22. The molecule has 7 nitrogen and oxygen atoms in total. The summed E-state index contributed by atoms with van der Waals surface area (Å²) in [5, 5.41) is 17.8. The largest absolute Gasteiger partial charge is 0.463 e. The van der Waals surface area contributed by atoms with Crippen LogP contribution in [0.25, 0.3) is 0 Å². The predicted molar refractivity (Wildman–Crippen MR) is 104 cm³/mol. The van der Waals surface area contributed by atoms with E-state index in [-0.39, 0.29) is 11.7 Å². The third-order valence-electron chi connectivity index (χ3n) is 4.50. The minimum Gasteiger partial charge on any atom is -0.463 e. The number of nitrogens with one attached hydrogen (secondary N) is 3. The Bertz CT molecular complexity index is 778. The van der Waals surface area contributed by atoms with Gasteiger partial charge in [-0.25, -0.2) is 0 Å². The summed E-state index contributed by atoms with van der Waals surface area (Å²) in [6.07, 6.45) is 4.09. The molecule has 3 N–H and O–H groups in total. The molecular weight excluding hydrogens is 376 g/mol. The monoisotopic (exact) mass is 395 g/mol. The van der Waals surface area contributed by atoms with Crippen LogP contribution in [0.4, 0.5) is 11.4 Å². The molecule has 0 radical (unpaired) electrons. The second-order valence-electron chi connectivity index (χ2n) is 6.19. The maximum Gasteiger partial charge on any atom is 0.271 e. The Hall–Kier alpha value is -2.16. The van der Waals surface area contributed by atoms with Crippen molar-refractivity contribution < 1.29 is 14.2 Å². The molecule has 2 aromatic rings. The van der Waals surface area contributed by atoms with Crippen molar-refractivity contribution in [2.75, 3.05) is 25.0 Å². The second-order valence-corrected chi connectivity index (χ2v) is 7.01. The third-order valence-corrected chi connectivity index (χ3v) is 5.08. The molecule has 1 atom stereocenters. The minimum absolute atomic E-state index is 0.0466. The zero-order valence-electron chi connectivity index (χ0n) is 14.0. The van der Waals surface area contributed by atoms with Crippen LogP contribution in [0.5, 0.6) is 0 Å². The Morgan fingerprint density at radius 3 is 2.81 bits per heavy atom. The van der Waals surface area contributed by atoms with E-state index in [0.29, 0.717) is 22.4 Å². The Balaban J connectivity index is 1.64. The number of thiocarbonyl (C=S) groups is 1. The van der Waals surface area contributed by atoms with Gasteiger partial charge in [-0.05, 0) is 30.4 Å². The second kappa shape index (κ2) is 8.48. The van der Waals surface area contributed by atoms with Crippen LogP contribution in [0.2, 0.25) is 5.02 Å². The SMILES string of the molecule is O=[N+]([O-])c1ccc(Cl)c(NC(=S)NC[C@@H](c2ccco2)[NH+]2CCCC2)c1. The van der Waals surface area contributed by atoms with Crippen molar-refractivity contribution in [2.24, 2.45) is 0 Å². The van der Waals surface area contributed by atoms with Crippen molar-refractivity contribution in [2.45, 2.75) is 18.9 Å². The van der Waals surface area contributed by atoms with E-state index in [1.54, 1.807) is 6.26 Å². The van der Waals surface area contributed by atoms with Crippen molar-refractivity contribution >= 4 is 40.3 Å². The van der Waals surface area contributed by atoms with Crippen molar-refractivity contribution in [3.8, 4) is 0 Å². The molecule has 2 heterocycles. The number of nitro groups is 1. The van der Waals surface area contributed by atoms with Crippen LogP contribution in [-0.4, -0.2) is 29.7 Å². The lowest BCUT2D eigenvalue weighted by atomic mass is 10.2. The average Bonchev–Trinajstić information content (AvgIpc) is 3.31. The third kappa shape index (κ3) is 4.51. The van der Waals surface area contributed by atoms with Crippen LogP contribution in [0, 0.1) is 10.1 Å². The zero-order chi connectivity index (χ0) is 18.5. The first kappa shape index (κ1) is 18.6. The molecule has 138 valence electrons. The maximum absolute atomic E-state index is 10.9. The molecular formula is C17H20ClN4O3S+. The summed E-state index contributed by atoms with van der Waals surface area (Å²) in [5.74, 6) is 0.922. The standard InChI is InChI=1S/C17H19ClN4O3S/c18-13-6-5-12(22(23)24)10-14(13)20-17(26)19-11-15(16-4-3-9-25-16)21-7-1-2-8-21/h3-6,9-10,15H,1-2,7-8,11H2,(H2,19,20,26)/p+1/t15-/m0/s1. The fraction of sp³-hybridized carbons (Fsp3) is 0.353. The number of nitro benzene ring substituents is 1. The number of non-ortho nitro benzene ring substituents is 1. The van der Waals surface area contributed by atoms with Gasteiger partial charge in [-0.15, -0.1) is 0 Å². The molecule has 1 aliphatic heterocycles. The number of benzene rings is 1. The summed E-state index contributed by atoms with van der Waals surface area (Å²) in [6.45, 7) is 2.80. The molecule has 26 heavy (non-hydrogen) atoms. The number of halogens is 1. The first-order valence-corrected chi connectivity index (χ1v) is 9.20. The number of rotatable bonds is 6. The Labute approximate surface area is 161 Å². The summed E-state index contributed by atoms with van der Waals surface area (Å²) in [4.78, 5) is 11.9. The van der Waals surface area contributed by atoms with Gasteiger partial charge in [-0.2, -0.15) is 0 Å². The van der Waals surface area contributed by atoms with E-state index in [1.807, 2.05) is 12.1 Å². The first-order valence-electron chi connectivity index (χ1n) is 8.41. The van der Waals surface area contributed by atoms with Gasteiger partial charge in [0.05, 0.1) is 41.5 Å². The maximum atomic E-state index is 10.9. The molecule has 0 bridgehead atoms. The highest BCUT2D eigenvalue weighted by Crippen LogP contribution is 2.26. The number of hydrogen-bond donors (Lipinski definition) is 3. The van der Waals surface area contributed by atoms with Crippen molar-refractivity contribution in [1.82, 2.24) is 5.32 Å². The van der Waals surface area contributed by atoms with Crippen LogP contribution in [0.15, 0.2) is 41.0 Å². The van der Waals surface area contributed by atoms with Crippen LogP contribution in [-0.2, 0) is 0 Å². The number of nitrogens with zero attached hydrogens (tertiary/aromatic N) is 1. The molecule has 0 unspecified atom stereocenters. The van der Waals surface area contributed by atoms with Gasteiger partial charge < -0.3 is 20.0 Å². The molecule has 1 aliphatic rings. The molecule has 1 fully saturated rings. The summed E-state index contributed by atoms with van der Waals surface area (Å²) >= 11 is 11.4. The summed E-state index contributed by atoms with van der Waals surface area (Å²) < 4.78 is 5.60. The number of anilines is 1. The van der Waals surface area contributed by atoms with Crippen molar-refractivity contribution in [3.05, 3.63) is 57.5 Å². The normalized spacial score (nSPS) is 15.6. The zero-order valence-corrected chi connectivity index (χ0v) is 15.6. The van der Waals surface area contributed by atoms with Gasteiger partial charge in [-0.1, -0.05) is 11.6 Å². The van der Waals surface area contributed by atoms with Gasteiger partial charge in [-0.3, -0.25) is 10.1 Å². The highest BCUT2D eigenvalue weighted by molar-refractivity contribution is 7.80. The summed E-state index contributed by atoms with van der Waals surface area (Å²) in [7, 11) is 0. The minimum atomic E-state index is -0.471. The van der Waals surface area contributed by atoms with Crippen molar-refractivity contribution in [1.29, 1.82) is 0 Å². The topological polar surface area (TPSA) is 84.8 Å². The number of hydrogen-bond acceptors (Lipinski definition) is 4. The van der Waals surface area contributed by atoms with Gasteiger partial charge in [0.1, 0.15) is 0 Å². The van der Waals surface area contributed by atoms with Gasteiger partial charge in [0.25, 0.3) is 5.69 Å². The molecule has 1 aromatic heterocycles. The number of quaternary nitrogens is 1.